The lowest BCUT2D eigenvalue weighted by Gasteiger charge is -2.22. The molecular weight excluding hydrogens is 425 g/mol. The molecule has 0 saturated heterocycles. The molecule has 30 heavy (non-hydrogen) atoms. The molecule has 2 aromatic rings. The van der Waals surface area contributed by atoms with E-state index >= 15 is 0 Å². The van der Waals surface area contributed by atoms with Gasteiger partial charge in [-0.3, -0.25) is 9.10 Å². The van der Waals surface area contributed by atoms with Gasteiger partial charge in [-0.1, -0.05) is 12.1 Å². The van der Waals surface area contributed by atoms with Crippen LogP contribution >= 0.6 is 0 Å². The second-order valence-corrected chi connectivity index (χ2v) is 8.10. The number of carbonyl (C=O) groups excluding carboxylic acids is 1. The average molecular weight is 446 g/mol. The van der Waals surface area contributed by atoms with E-state index in [1.165, 1.54) is 13.2 Å². The van der Waals surface area contributed by atoms with Gasteiger partial charge in [0.2, 0.25) is 15.9 Å². The van der Waals surface area contributed by atoms with Crippen molar-refractivity contribution in [3.05, 3.63) is 54.1 Å². The molecule has 7 nitrogen and oxygen atoms in total. The number of nitrogens with one attached hydrogen (secondary N) is 1. The first kappa shape index (κ1) is 23.3. The Balaban J connectivity index is 1.98. The summed E-state index contributed by atoms with van der Waals surface area (Å²) in [6.07, 6.45) is -3.83. The summed E-state index contributed by atoms with van der Waals surface area (Å²) in [7, 11) is -2.49. The first-order valence-corrected chi connectivity index (χ1v) is 10.5. The van der Waals surface area contributed by atoms with Crippen LogP contribution in [0.2, 0.25) is 0 Å². The van der Waals surface area contributed by atoms with Crippen molar-refractivity contribution in [2.24, 2.45) is 0 Å². The highest BCUT2D eigenvalue weighted by Crippen LogP contribution is 2.32. The fourth-order valence-electron chi connectivity index (χ4n) is 2.47. The maximum atomic E-state index is 12.9. The maximum absolute atomic E-state index is 12.9. The van der Waals surface area contributed by atoms with E-state index < -0.39 is 34.2 Å². The third-order valence-electron chi connectivity index (χ3n) is 3.88. The highest BCUT2D eigenvalue weighted by Gasteiger charge is 2.31. The third kappa shape index (κ3) is 6.83. The summed E-state index contributed by atoms with van der Waals surface area (Å²) in [5.41, 5.74) is -1.27. The summed E-state index contributed by atoms with van der Waals surface area (Å²) in [6.45, 7) is -0.503. The van der Waals surface area contributed by atoms with Gasteiger partial charge in [-0.15, -0.1) is 0 Å². The van der Waals surface area contributed by atoms with Crippen LogP contribution in [-0.2, 0) is 21.0 Å². The summed E-state index contributed by atoms with van der Waals surface area (Å²) < 4.78 is 73.9. The molecule has 0 aliphatic carbocycles. The maximum Gasteiger partial charge on any atom is 0.416 e. The lowest BCUT2D eigenvalue weighted by atomic mass is 10.2. The van der Waals surface area contributed by atoms with Crippen LogP contribution in [0.1, 0.15) is 5.56 Å². The number of rotatable bonds is 9. The van der Waals surface area contributed by atoms with Crippen molar-refractivity contribution in [1.29, 1.82) is 0 Å². The van der Waals surface area contributed by atoms with E-state index in [-0.39, 0.29) is 18.8 Å². The van der Waals surface area contributed by atoms with Crippen LogP contribution in [0.3, 0.4) is 0 Å². The minimum absolute atomic E-state index is 0.0657. The monoisotopic (exact) mass is 446 g/mol. The van der Waals surface area contributed by atoms with Crippen molar-refractivity contribution in [2.45, 2.75) is 6.18 Å². The summed E-state index contributed by atoms with van der Waals surface area (Å²) in [5.74, 6) is 0.429. The fraction of sp³-hybridized carbons (Fsp3) is 0.316. The van der Waals surface area contributed by atoms with E-state index in [1.54, 1.807) is 24.3 Å². The predicted molar refractivity (Wildman–Crippen MR) is 105 cm³/mol. The highest BCUT2D eigenvalue weighted by molar-refractivity contribution is 7.92. The number of alkyl halides is 3. The molecular formula is C19H21F3N2O5S. The highest BCUT2D eigenvalue weighted by atomic mass is 32.2. The molecule has 1 N–H and O–H groups in total. The van der Waals surface area contributed by atoms with Gasteiger partial charge < -0.3 is 14.8 Å². The molecule has 0 spiro atoms. The smallest absolute Gasteiger partial charge is 0.416 e. The first-order chi connectivity index (χ1) is 14.0. The van der Waals surface area contributed by atoms with Gasteiger partial charge in [0.25, 0.3) is 0 Å². The molecule has 1 amide bonds. The predicted octanol–water partition coefficient (Wildman–Crippen LogP) is 2.68. The number of anilines is 1. The van der Waals surface area contributed by atoms with Crippen molar-refractivity contribution in [2.75, 3.05) is 37.4 Å². The molecule has 0 saturated carbocycles. The van der Waals surface area contributed by atoms with Gasteiger partial charge in [0.05, 0.1) is 31.2 Å². The van der Waals surface area contributed by atoms with Crippen molar-refractivity contribution in [3.63, 3.8) is 0 Å². The zero-order chi connectivity index (χ0) is 22.4. The molecule has 2 aromatic carbocycles. The Bertz CT molecular complexity index is 980. The minimum Gasteiger partial charge on any atom is -0.497 e. The first-order valence-electron chi connectivity index (χ1n) is 8.69. The Kier molecular flexibility index (Phi) is 7.54. The van der Waals surface area contributed by atoms with Gasteiger partial charge in [0, 0.05) is 6.07 Å². The number of sulfonamides is 1. The molecule has 11 heteroatoms. The van der Waals surface area contributed by atoms with E-state index in [4.69, 9.17) is 9.47 Å². The van der Waals surface area contributed by atoms with Gasteiger partial charge in [-0.2, -0.15) is 13.2 Å². The van der Waals surface area contributed by atoms with Gasteiger partial charge in [-0.25, -0.2) is 8.42 Å². The quantitative estimate of drug-likeness (QED) is 0.599. The molecule has 2 rings (SSSR count). The summed E-state index contributed by atoms with van der Waals surface area (Å²) >= 11 is 0. The number of hydrogen-bond acceptors (Lipinski definition) is 5. The van der Waals surface area contributed by atoms with E-state index in [0.717, 1.165) is 18.4 Å². The molecule has 0 aromatic heterocycles. The number of nitrogens with zero attached hydrogens (tertiary/aromatic N) is 1. The van der Waals surface area contributed by atoms with Crippen LogP contribution in [-0.4, -0.2) is 47.4 Å². The van der Waals surface area contributed by atoms with Crippen LogP contribution in [0, 0.1) is 0 Å². The minimum atomic E-state index is -4.64. The van der Waals surface area contributed by atoms with Crippen molar-refractivity contribution < 1.29 is 35.9 Å². The third-order valence-corrected chi connectivity index (χ3v) is 5.02. The molecule has 0 bridgehead atoms. The van der Waals surface area contributed by atoms with Crippen LogP contribution in [0.15, 0.2) is 48.5 Å². The molecule has 0 atom stereocenters. The molecule has 0 unspecified atom stereocenters. The standard InChI is InChI=1S/C19H21F3N2O5S/c1-28-16-7-4-8-17(12-16)29-10-9-23-18(25)13-24(30(2,26)27)15-6-3-5-14(11-15)19(20,21)22/h3-8,11-12H,9-10,13H2,1-2H3,(H,23,25). The number of amides is 1. The van der Waals surface area contributed by atoms with Crippen LogP contribution in [0.5, 0.6) is 11.5 Å². The Morgan fingerprint density at radius 2 is 1.77 bits per heavy atom. The fourth-order valence-corrected chi connectivity index (χ4v) is 3.32. The lowest BCUT2D eigenvalue weighted by molar-refractivity contribution is -0.137. The Labute approximate surface area is 172 Å². The van der Waals surface area contributed by atoms with Crippen LogP contribution < -0.4 is 19.1 Å². The number of methoxy groups -OCH3 is 1. The Morgan fingerprint density at radius 1 is 1.10 bits per heavy atom. The largest absolute Gasteiger partial charge is 0.497 e. The van der Waals surface area contributed by atoms with Gasteiger partial charge >= 0.3 is 6.18 Å². The van der Waals surface area contributed by atoms with E-state index in [2.05, 4.69) is 5.32 Å². The molecule has 0 fully saturated rings. The summed E-state index contributed by atoms with van der Waals surface area (Å²) in [4.78, 5) is 12.2. The van der Waals surface area contributed by atoms with Crippen LogP contribution in [0.4, 0.5) is 18.9 Å². The Hall–Kier alpha value is -2.95. The van der Waals surface area contributed by atoms with Crippen molar-refractivity contribution >= 4 is 21.6 Å². The van der Waals surface area contributed by atoms with Crippen LogP contribution in [0.25, 0.3) is 0 Å². The number of carbonyl (C=O) groups is 1. The van der Waals surface area contributed by atoms with Gasteiger partial charge in [0.1, 0.15) is 24.7 Å². The molecule has 164 valence electrons. The number of halogens is 3. The topological polar surface area (TPSA) is 84.9 Å². The number of ether oxygens (including phenoxy) is 2. The molecule has 0 aliphatic heterocycles. The zero-order valence-corrected chi connectivity index (χ0v) is 17.1. The van der Waals surface area contributed by atoms with Gasteiger partial charge in [-0.05, 0) is 30.3 Å². The number of hydrogen-bond donors (Lipinski definition) is 1. The summed E-state index contributed by atoms with van der Waals surface area (Å²) in [5, 5.41) is 2.48. The number of benzene rings is 2. The Morgan fingerprint density at radius 3 is 2.40 bits per heavy atom. The van der Waals surface area contributed by atoms with Crippen molar-refractivity contribution in [3.8, 4) is 11.5 Å². The average Bonchev–Trinajstić information content (AvgIpc) is 2.68. The normalized spacial score (nSPS) is 11.6. The zero-order valence-electron chi connectivity index (χ0n) is 16.3. The SMILES string of the molecule is COc1cccc(OCCNC(=O)CN(c2cccc(C(F)(F)F)c2)S(C)(=O)=O)c1. The molecule has 0 radical (unpaired) electrons. The second kappa shape index (κ2) is 9.70. The second-order valence-electron chi connectivity index (χ2n) is 6.20. The molecule has 0 aliphatic rings. The van der Waals surface area contributed by atoms with E-state index in [0.29, 0.717) is 21.9 Å². The van der Waals surface area contributed by atoms with E-state index in [9.17, 15) is 26.4 Å². The summed E-state index contributed by atoms with van der Waals surface area (Å²) in [6, 6.07) is 10.6. The lowest BCUT2D eigenvalue weighted by Crippen LogP contribution is -2.41. The van der Waals surface area contributed by atoms with E-state index in [1.807, 2.05) is 0 Å². The van der Waals surface area contributed by atoms with Crippen molar-refractivity contribution in [1.82, 2.24) is 5.32 Å². The molecule has 0 heterocycles. The van der Waals surface area contributed by atoms with Gasteiger partial charge in [0.15, 0.2) is 0 Å².